The molecule has 3 aliphatic rings. The van der Waals surface area contributed by atoms with Gasteiger partial charge in [-0.2, -0.15) is 0 Å². The molecule has 0 saturated carbocycles. The van der Waals surface area contributed by atoms with Crippen LogP contribution in [0.4, 0.5) is 17.3 Å². The second kappa shape index (κ2) is 7.78. The van der Waals surface area contributed by atoms with E-state index in [1.54, 1.807) is 12.4 Å². The Balaban J connectivity index is 1.25. The largest absolute Gasteiger partial charge is 0.352 e. The number of aryl methyl sites for hydroxylation is 1. The van der Waals surface area contributed by atoms with Gasteiger partial charge in [0, 0.05) is 68.2 Å². The molecule has 0 unspecified atom stereocenters. The molecule has 0 aliphatic carbocycles. The van der Waals surface area contributed by atoms with Crippen molar-refractivity contribution in [3.63, 3.8) is 0 Å². The number of hydrogen-bond donors (Lipinski definition) is 3. The standard InChI is InChI=1S/C26H26N8O/c1-33-9-7-17-16(5-8-28-25(17)33)24-18-12-30-26(35)23(18)19(13-29-24)31-21-3-2-4-22(32-21)34-10-6-15-11-27-14-20(15)34/h2-5,7-9,13,15,20,27H,6,10-12,14H2,1H3,(H,30,35)(H,31,32)/t15-,20+/m0/s1. The van der Waals surface area contributed by atoms with Crippen molar-refractivity contribution in [2.24, 2.45) is 13.0 Å². The molecule has 0 radical (unpaired) electrons. The Morgan fingerprint density at radius 3 is 3.03 bits per heavy atom. The molecule has 176 valence electrons. The maximum absolute atomic E-state index is 12.9. The van der Waals surface area contributed by atoms with E-state index in [-0.39, 0.29) is 5.91 Å². The van der Waals surface area contributed by atoms with Crippen LogP contribution < -0.4 is 20.9 Å². The van der Waals surface area contributed by atoms with Crippen molar-refractivity contribution in [1.29, 1.82) is 0 Å². The van der Waals surface area contributed by atoms with Crippen molar-refractivity contribution in [2.45, 2.75) is 19.0 Å². The first kappa shape index (κ1) is 20.4. The van der Waals surface area contributed by atoms with Crippen LogP contribution in [0.25, 0.3) is 22.3 Å². The van der Waals surface area contributed by atoms with Crippen molar-refractivity contribution < 1.29 is 4.79 Å². The van der Waals surface area contributed by atoms with Gasteiger partial charge in [0.25, 0.3) is 5.91 Å². The van der Waals surface area contributed by atoms with E-state index in [0.29, 0.717) is 35.6 Å². The van der Waals surface area contributed by atoms with Gasteiger partial charge in [0.05, 0.1) is 23.1 Å². The molecule has 3 N–H and O–H groups in total. The first-order chi connectivity index (χ1) is 17.2. The lowest BCUT2D eigenvalue weighted by Crippen LogP contribution is -2.34. The average molecular weight is 467 g/mol. The van der Waals surface area contributed by atoms with Gasteiger partial charge in [0.15, 0.2) is 0 Å². The molecular formula is C26H26N8O. The summed E-state index contributed by atoms with van der Waals surface area (Å²) in [7, 11) is 1.97. The van der Waals surface area contributed by atoms with Crippen molar-refractivity contribution in [3.05, 3.63) is 60.0 Å². The van der Waals surface area contributed by atoms with E-state index in [1.165, 1.54) is 6.42 Å². The van der Waals surface area contributed by atoms with Gasteiger partial charge in [-0.15, -0.1) is 0 Å². The fourth-order valence-electron chi connectivity index (χ4n) is 5.86. The van der Waals surface area contributed by atoms with Crippen LogP contribution in [0, 0.1) is 5.92 Å². The Morgan fingerprint density at radius 2 is 2.09 bits per heavy atom. The SMILES string of the molecule is Cn1ccc2c(-c3ncc(Nc4cccc(N5CC[C@H]6CNC[C@H]65)n4)c4c3CNC4=O)ccnc21. The quantitative estimate of drug-likeness (QED) is 0.425. The second-order valence-corrected chi connectivity index (χ2v) is 9.55. The van der Waals surface area contributed by atoms with Crippen molar-refractivity contribution in [3.8, 4) is 11.3 Å². The fraction of sp³-hybridized carbons (Fsp3) is 0.308. The highest BCUT2D eigenvalue weighted by atomic mass is 16.1. The number of carbonyl (C=O) groups excluding carboxylic acids is 1. The molecule has 4 aromatic heterocycles. The number of hydrogen-bond acceptors (Lipinski definition) is 7. The molecule has 35 heavy (non-hydrogen) atoms. The van der Waals surface area contributed by atoms with Gasteiger partial charge in [-0.25, -0.2) is 9.97 Å². The van der Waals surface area contributed by atoms with Gasteiger partial charge in [-0.05, 0) is 36.6 Å². The van der Waals surface area contributed by atoms with Gasteiger partial charge < -0.3 is 25.4 Å². The Bertz CT molecular complexity index is 1480. The van der Waals surface area contributed by atoms with E-state index in [2.05, 4.69) is 31.9 Å². The lowest BCUT2D eigenvalue weighted by atomic mass is 10.0. The lowest BCUT2D eigenvalue weighted by Gasteiger charge is -2.25. The van der Waals surface area contributed by atoms with E-state index < -0.39 is 0 Å². The van der Waals surface area contributed by atoms with Crippen LogP contribution in [0.5, 0.6) is 0 Å². The minimum Gasteiger partial charge on any atom is -0.352 e. The zero-order valence-corrected chi connectivity index (χ0v) is 19.5. The van der Waals surface area contributed by atoms with Crippen LogP contribution in [-0.2, 0) is 13.6 Å². The smallest absolute Gasteiger partial charge is 0.254 e. The number of fused-ring (bicyclic) bond motifs is 3. The summed E-state index contributed by atoms with van der Waals surface area (Å²) in [5, 5.41) is 10.9. The summed E-state index contributed by atoms with van der Waals surface area (Å²) >= 11 is 0. The summed E-state index contributed by atoms with van der Waals surface area (Å²) in [6.07, 6.45) is 6.72. The maximum atomic E-state index is 12.9. The number of anilines is 3. The van der Waals surface area contributed by atoms with Crippen molar-refractivity contribution in [1.82, 2.24) is 30.2 Å². The second-order valence-electron chi connectivity index (χ2n) is 9.55. The third kappa shape index (κ3) is 3.19. The number of nitrogens with zero attached hydrogens (tertiary/aromatic N) is 5. The molecular weight excluding hydrogens is 440 g/mol. The molecule has 7 rings (SSSR count). The van der Waals surface area contributed by atoms with Crippen LogP contribution in [0.15, 0.2) is 48.9 Å². The summed E-state index contributed by atoms with van der Waals surface area (Å²) in [5.41, 5.74) is 4.87. The van der Waals surface area contributed by atoms with E-state index in [9.17, 15) is 4.79 Å². The molecule has 2 fully saturated rings. The molecule has 0 bridgehead atoms. The molecule has 3 aliphatic heterocycles. The predicted molar refractivity (Wildman–Crippen MR) is 135 cm³/mol. The predicted octanol–water partition coefficient (Wildman–Crippen LogP) is 2.82. The fourth-order valence-corrected chi connectivity index (χ4v) is 5.86. The summed E-state index contributed by atoms with van der Waals surface area (Å²) in [5.74, 6) is 2.28. The lowest BCUT2D eigenvalue weighted by molar-refractivity contribution is 0.0966. The molecule has 7 heterocycles. The Hall–Kier alpha value is -3.98. The monoisotopic (exact) mass is 466 g/mol. The van der Waals surface area contributed by atoms with Crippen molar-refractivity contribution >= 4 is 34.3 Å². The van der Waals surface area contributed by atoms with E-state index in [0.717, 1.165) is 53.3 Å². The summed E-state index contributed by atoms with van der Waals surface area (Å²) in [6.45, 7) is 3.57. The Labute approximate surface area is 202 Å². The molecule has 2 saturated heterocycles. The van der Waals surface area contributed by atoms with E-state index >= 15 is 0 Å². The number of aromatic nitrogens is 4. The normalized spacial score (nSPS) is 20.8. The van der Waals surface area contributed by atoms with E-state index in [1.807, 2.05) is 42.1 Å². The van der Waals surface area contributed by atoms with Crippen LogP contribution in [0.3, 0.4) is 0 Å². The van der Waals surface area contributed by atoms with E-state index in [4.69, 9.17) is 9.97 Å². The zero-order valence-electron chi connectivity index (χ0n) is 19.5. The third-order valence-corrected chi connectivity index (χ3v) is 7.59. The summed E-state index contributed by atoms with van der Waals surface area (Å²) in [6, 6.07) is 10.5. The van der Waals surface area contributed by atoms with Gasteiger partial charge in [0.1, 0.15) is 17.3 Å². The molecule has 9 heteroatoms. The minimum absolute atomic E-state index is 0.0971. The summed E-state index contributed by atoms with van der Waals surface area (Å²) < 4.78 is 1.99. The summed E-state index contributed by atoms with van der Waals surface area (Å²) in [4.78, 5) is 29.5. The molecule has 0 aromatic carbocycles. The topological polar surface area (TPSA) is 100 Å². The highest BCUT2D eigenvalue weighted by molar-refractivity contribution is 6.06. The van der Waals surface area contributed by atoms with Crippen LogP contribution in [0.1, 0.15) is 22.3 Å². The van der Waals surface area contributed by atoms with Crippen LogP contribution >= 0.6 is 0 Å². The number of pyridine rings is 3. The molecule has 9 nitrogen and oxygen atoms in total. The maximum Gasteiger partial charge on any atom is 0.254 e. The van der Waals surface area contributed by atoms with Crippen molar-refractivity contribution in [2.75, 3.05) is 29.9 Å². The third-order valence-electron chi connectivity index (χ3n) is 7.59. The number of carbonyl (C=O) groups is 1. The Morgan fingerprint density at radius 1 is 1.14 bits per heavy atom. The highest BCUT2D eigenvalue weighted by Crippen LogP contribution is 2.36. The number of nitrogens with one attached hydrogen (secondary N) is 3. The first-order valence-corrected chi connectivity index (χ1v) is 12.1. The number of rotatable bonds is 4. The van der Waals surface area contributed by atoms with Gasteiger partial charge in [-0.1, -0.05) is 6.07 Å². The molecule has 2 atom stereocenters. The first-order valence-electron chi connectivity index (χ1n) is 12.1. The molecule has 0 spiro atoms. The zero-order chi connectivity index (χ0) is 23.5. The van der Waals surface area contributed by atoms with Gasteiger partial charge >= 0.3 is 0 Å². The molecule has 1 amide bonds. The van der Waals surface area contributed by atoms with Gasteiger partial charge in [0.2, 0.25) is 0 Å². The highest BCUT2D eigenvalue weighted by Gasteiger charge is 2.38. The molecule has 4 aromatic rings. The van der Waals surface area contributed by atoms with Crippen LogP contribution in [-0.4, -0.2) is 51.1 Å². The van der Waals surface area contributed by atoms with Gasteiger partial charge in [-0.3, -0.25) is 9.78 Å². The Kier molecular flexibility index (Phi) is 4.53. The number of amides is 1. The average Bonchev–Trinajstić information content (AvgIpc) is 3.65. The minimum atomic E-state index is -0.0971. The van der Waals surface area contributed by atoms with Crippen LogP contribution in [0.2, 0.25) is 0 Å².